The van der Waals surface area contributed by atoms with E-state index in [0.29, 0.717) is 6.04 Å². The van der Waals surface area contributed by atoms with Crippen LogP contribution in [0.15, 0.2) is 24.5 Å². The minimum atomic E-state index is 0.401. The van der Waals surface area contributed by atoms with Gasteiger partial charge < -0.3 is 0 Å². The maximum atomic E-state index is 5.80. The van der Waals surface area contributed by atoms with E-state index in [4.69, 9.17) is 5.84 Å². The van der Waals surface area contributed by atoms with Crippen molar-refractivity contribution in [2.75, 3.05) is 0 Å². The maximum absolute atomic E-state index is 5.80. The molecule has 1 aliphatic rings. The van der Waals surface area contributed by atoms with Crippen molar-refractivity contribution < 1.29 is 0 Å². The van der Waals surface area contributed by atoms with Gasteiger partial charge in [0.05, 0.1) is 0 Å². The molecule has 3 unspecified atom stereocenters. The van der Waals surface area contributed by atoms with Gasteiger partial charge in [-0.15, -0.1) is 0 Å². The summed E-state index contributed by atoms with van der Waals surface area (Å²) < 4.78 is 0. The van der Waals surface area contributed by atoms with E-state index in [1.165, 1.54) is 37.7 Å². The van der Waals surface area contributed by atoms with Crippen LogP contribution in [0.5, 0.6) is 0 Å². The van der Waals surface area contributed by atoms with Crippen LogP contribution in [0.3, 0.4) is 0 Å². The van der Waals surface area contributed by atoms with Crippen molar-refractivity contribution in [3.8, 4) is 0 Å². The van der Waals surface area contributed by atoms with E-state index in [1.54, 1.807) is 0 Å². The largest absolute Gasteiger partial charge is 0.271 e. The van der Waals surface area contributed by atoms with Crippen LogP contribution < -0.4 is 11.3 Å². The number of nitrogens with two attached hydrogens (primary N) is 1. The van der Waals surface area contributed by atoms with Gasteiger partial charge in [0.25, 0.3) is 0 Å². The van der Waals surface area contributed by atoms with Gasteiger partial charge in [-0.3, -0.25) is 16.3 Å². The summed E-state index contributed by atoms with van der Waals surface area (Å²) >= 11 is 0. The van der Waals surface area contributed by atoms with Crippen molar-refractivity contribution in [1.29, 1.82) is 0 Å². The Morgan fingerprint density at radius 3 is 2.72 bits per heavy atom. The predicted molar refractivity (Wildman–Crippen MR) is 74.8 cm³/mol. The molecule has 3 nitrogen and oxygen atoms in total. The number of hydrogen-bond donors (Lipinski definition) is 2. The van der Waals surface area contributed by atoms with Crippen molar-refractivity contribution in [3.63, 3.8) is 0 Å². The van der Waals surface area contributed by atoms with Crippen LogP contribution in [0.25, 0.3) is 0 Å². The molecule has 1 heterocycles. The molecule has 0 saturated heterocycles. The molecule has 0 aromatic carbocycles. The Balaban J connectivity index is 2.03. The van der Waals surface area contributed by atoms with E-state index in [2.05, 4.69) is 29.5 Å². The lowest BCUT2D eigenvalue weighted by molar-refractivity contribution is 0.174. The van der Waals surface area contributed by atoms with Gasteiger partial charge in [0.2, 0.25) is 0 Å². The molecule has 1 aliphatic carbocycles. The van der Waals surface area contributed by atoms with Gasteiger partial charge in [-0.2, -0.15) is 0 Å². The molecule has 3 N–H and O–H groups in total. The number of rotatable bonds is 5. The summed E-state index contributed by atoms with van der Waals surface area (Å²) in [5.74, 6) is 7.36. The monoisotopic (exact) mass is 247 g/mol. The molecule has 0 radical (unpaired) electrons. The first-order chi connectivity index (χ1) is 8.85. The number of hydrogen-bond acceptors (Lipinski definition) is 3. The summed E-state index contributed by atoms with van der Waals surface area (Å²) in [5, 5.41) is 0. The van der Waals surface area contributed by atoms with Crippen molar-refractivity contribution in [3.05, 3.63) is 30.1 Å². The Bertz CT molecular complexity index is 339. The third-order valence-electron chi connectivity index (χ3n) is 4.43. The third-order valence-corrected chi connectivity index (χ3v) is 4.43. The molecule has 1 aromatic rings. The number of pyridine rings is 1. The molecule has 0 bridgehead atoms. The second-order valence-electron chi connectivity index (χ2n) is 5.45. The summed E-state index contributed by atoms with van der Waals surface area (Å²) in [7, 11) is 0. The molecular formula is C15H25N3. The Morgan fingerprint density at radius 1 is 1.33 bits per heavy atom. The van der Waals surface area contributed by atoms with Crippen molar-refractivity contribution >= 4 is 0 Å². The highest BCUT2D eigenvalue weighted by molar-refractivity contribution is 5.12. The van der Waals surface area contributed by atoms with Crippen molar-refractivity contribution in [2.45, 2.75) is 51.5 Å². The van der Waals surface area contributed by atoms with Gasteiger partial charge in [-0.05, 0) is 42.4 Å². The van der Waals surface area contributed by atoms with Crippen LogP contribution in [0, 0.1) is 11.8 Å². The molecule has 0 spiro atoms. The number of aromatic nitrogens is 1. The first kappa shape index (κ1) is 13.5. The third kappa shape index (κ3) is 3.30. The summed E-state index contributed by atoms with van der Waals surface area (Å²) in [4.78, 5) is 4.07. The predicted octanol–water partition coefficient (Wildman–Crippen LogP) is 2.67. The Labute approximate surface area is 110 Å². The molecule has 0 amide bonds. The van der Waals surface area contributed by atoms with Gasteiger partial charge in [-0.1, -0.05) is 32.6 Å². The molecular weight excluding hydrogens is 222 g/mol. The summed E-state index contributed by atoms with van der Waals surface area (Å²) in [6.07, 6.45) is 11.5. The normalized spacial score (nSPS) is 25.9. The molecule has 0 aliphatic heterocycles. The van der Waals surface area contributed by atoms with Crippen molar-refractivity contribution in [2.24, 2.45) is 17.7 Å². The molecule has 3 atom stereocenters. The second-order valence-corrected chi connectivity index (χ2v) is 5.45. The van der Waals surface area contributed by atoms with Gasteiger partial charge in [0.1, 0.15) is 0 Å². The topological polar surface area (TPSA) is 50.9 Å². The molecule has 1 aromatic heterocycles. The fourth-order valence-electron chi connectivity index (χ4n) is 3.38. The van der Waals surface area contributed by atoms with Gasteiger partial charge >= 0.3 is 0 Å². The van der Waals surface area contributed by atoms with E-state index in [0.717, 1.165) is 18.3 Å². The SMILES string of the molecule is CCC1CCCCC1C(Cc1ccncc1)NN. The van der Waals surface area contributed by atoms with Crippen LogP contribution in [-0.4, -0.2) is 11.0 Å². The van der Waals surface area contributed by atoms with E-state index >= 15 is 0 Å². The number of hydrazine groups is 1. The lowest BCUT2D eigenvalue weighted by Gasteiger charge is -2.36. The number of nitrogens with one attached hydrogen (secondary N) is 1. The van der Waals surface area contributed by atoms with Gasteiger partial charge in [-0.25, -0.2) is 0 Å². The smallest absolute Gasteiger partial charge is 0.0281 e. The standard InChI is InChI=1S/C15H25N3/c1-2-13-5-3-4-6-14(13)15(18-16)11-12-7-9-17-10-8-12/h7-10,13-15,18H,2-6,11,16H2,1H3. The van der Waals surface area contributed by atoms with E-state index in [1.807, 2.05) is 12.4 Å². The lowest BCUT2D eigenvalue weighted by atomic mass is 9.73. The Kier molecular flexibility index (Phi) is 5.14. The zero-order chi connectivity index (χ0) is 12.8. The highest BCUT2D eigenvalue weighted by Crippen LogP contribution is 2.35. The summed E-state index contributed by atoms with van der Waals surface area (Å²) in [6, 6.07) is 4.58. The maximum Gasteiger partial charge on any atom is 0.0281 e. The minimum absolute atomic E-state index is 0.401. The molecule has 1 fully saturated rings. The highest BCUT2D eigenvalue weighted by Gasteiger charge is 2.30. The fourth-order valence-corrected chi connectivity index (χ4v) is 3.38. The van der Waals surface area contributed by atoms with E-state index in [9.17, 15) is 0 Å². The molecule has 18 heavy (non-hydrogen) atoms. The zero-order valence-electron chi connectivity index (χ0n) is 11.3. The molecule has 100 valence electrons. The summed E-state index contributed by atoms with van der Waals surface area (Å²) in [6.45, 7) is 2.31. The first-order valence-corrected chi connectivity index (χ1v) is 7.20. The summed E-state index contributed by atoms with van der Waals surface area (Å²) in [5.41, 5.74) is 4.39. The van der Waals surface area contributed by atoms with Crippen LogP contribution in [0.4, 0.5) is 0 Å². The van der Waals surface area contributed by atoms with Crippen LogP contribution in [0.2, 0.25) is 0 Å². The molecule has 3 heteroatoms. The quantitative estimate of drug-likeness (QED) is 0.621. The Morgan fingerprint density at radius 2 is 2.06 bits per heavy atom. The second kappa shape index (κ2) is 6.86. The van der Waals surface area contributed by atoms with Gasteiger partial charge in [0.15, 0.2) is 0 Å². The average Bonchev–Trinajstić information content (AvgIpc) is 2.46. The lowest BCUT2D eigenvalue weighted by Crippen LogP contribution is -2.46. The molecule has 2 rings (SSSR count). The van der Waals surface area contributed by atoms with E-state index in [-0.39, 0.29) is 0 Å². The van der Waals surface area contributed by atoms with Crippen LogP contribution in [0.1, 0.15) is 44.6 Å². The highest BCUT2D eigenvalue weighted by atomic mass is 15.2. The van der Waals surface area contributed by atoms with E-state index < -0.39 is 0 Å². The minimum Gasteiger partial charge on any atom is -0.271 e. The fraction of sp³-hybridized carbons (Fsp3) is 0.667. The number of nitrogens with zero attached hydrogens (tertiary/aromatic N) is 1. The van der Waals surface area contributed by atoms with Crippen LogP contribution >= 0.6 is 0 Å². The zero-order valence-corrected chi connectivity index (χ0v) is 11.3. The van der Waals surface area contributed by atoms with Crippen molar-refractivity contribution in [1.82, 2.24) is 10.4 Å². The van der Waals surface area contributed by atoms with Gasteiger partial charge in [0, 0.05) is 18.4 Å². The molecule has 1 saturated carbocycles. The Hall–Kier alpha value is -0.930. The first-order valence-electron chi connectivity index (χ1n) is 7.20. The van der Waals surface area contributed by atoms with Crippen LogP contribution in [-0.2, 0) is 6.42 Å². The average molecular weight is 247 g/mol.